The summed E-state index contributed by atoms with van der Waals surface area (Å²) in [6.07, 6.45) is 1.67. The number of nitriles is 1. The van der Waals surface area contributed by atoms with Crippen LogP contribution in [0.5, 0.6) is 0 Å². The normalized spacial score (nSPS) is 14.8. The molecule has 1 aromatic heterocycles. The molecule has 0 unspecified atom stereocenters. The van der Waals surface area contributed by atoms with Gasteiger partial charge in [-0.05, 0) is 48.9 Å². The second-order valence-corrected chi connectivity index (χ2v) is 9.57. The molecular formula is C23H23N5O3S. The summed E-state index contributed by atoms with van der Waals surface area (Å²) in [6, 6.07) is 16.0. The lowest BCUT2D eigenvalue weighted by Gasteiger charge is -2.34. The van der Waals surface area contributed by atoms with Crippen molar-refractivity contribution in [1.82, 2.24) is 14.2 Å². The first kappa shape index (κ1) is 21.7. The minimum Gasteiger partial charge on any atom is -0.376 e. The average molecular weight is 450 g/mol. The molecule has 1 aliphatic heterocycles. The molecular weight excluding hydrogens is 426 g/mol. The van der Waals surface area contributed by atoms with Gasteiger partial charge in [0.25, 0.3) is 0 Å². The largest absolute Gasteiger partial charge is 0.376 e. The number of aryl methyl sites for hydroxylation is 1. The zero-order valence-corrected chi connectivity index (χ0v) is 18.5. The summed E-state index contributed by atoms with van der Waals surface area (Å²) in [4.78, 5) is 18.8. The maximum atomic E-state index is 13.3. The van der Waals surface area contributed by atoms with Crippen LogP contribution in [-0.2, 0) is 14.8 Å². The number of pyridine rings is 1. The van der Waals surface area contributed by atoms with Gasteiger partial charge in [-0.25, -0.2) is 8.42 Å². The van der Waals surface area contributed by atoms with E-state index in [1.165, 1.54) is 4.31 Å². The van der Waals surface area contributed by atoms with E-state index < -0.39 is 10.0 Å². The molecule has 0 saturated carbocycles. The van der Waals surface area contributed by atoms with Gasteiger partial charge in [0, 0.05) is 43.4 Å². The van der Waals surface area contributed by atoms with Gasteiger partial charge in [0.15, 0.2) is 0 Å². The van der Waals surface area contributed by atoms with Gasteiger partial charge in [-0.1, -0.05) is 12.1 Å². The lowest BCUT2D eigenvalue weighted by atomic mass is 10.2. The second-order valence-electron chi connectivity index (χ2n) is 7.67. The van der Waals surface area contributed by atoms with Crippen LogP contribution >= 0.6 is 0 Å². The SMILES string of the molecule is Cc1cnc2c(S(=O)(=O)N3CCN(C(=O)CNc4ccc(C#N)cc4)CC3)cccc2c1. The third kappa shape index (κ3) is 4.42. The van der Waals surface area contributed by atoms with Crippen LogP contribution in [0.25, 0.3) is 10.9 Å². The highest BCUT2D eigenvalue weighted by Gasteiger charge is 2.31. The Bertz CT molecular complexity index is 1290. The van der Waals surface area contributed by atoms with Crippen LogP contribution < -0.4 is 5.32 Å². The van der Waals surface area contributed by atoms with Crippen molar-refractivity contribution in [2.24, 2.45) is 0 Å². The summed E-state index contributed by atoms with van der Waals surface area (Å²) in [5.41, 5.74) is 2.73. The quantitative estimate of drug-likeness (QED) is 0.641. The van der Waals surface area contributed by atoms with E-state index in [-0.39, 0.29) is 30.4 Å². The summed E-state index contributed by atoms with van der Waals surface area (Å²) in [5.74, 6) is -0.103. The van der Waals surface area contributed by atoms with E-state index >= 15 is 0 Å². The van der Waals surface area contributed by atoms with E-state index in [1.807, 2.05) is 19.1 Å². The summed E-state index contributed by atoms with van der Waals surface area (Å²) < 4.78 is 28.0. The second kappa shape index (κ2) is 8.94. The Labute approximate surface area is 187 Å². The smallest absolute Gasteiger partial charge is 0.245 e. The number of hydrogen-bond donors (Lipinski definition) is 1. The Kier molecular flexibility index (Phi) is 6.08. The van der Waals surface area contributed by atoms with Crippen molar-refractivity contribution in [2.45, 2.75) is 11.8 Å². The molecule has 8 nitrogen and oxygen atoms in total. The van der Waals surface area contributed by atoms with Crippen LogP contribution in [-0.4, -0.2) is 61.2 Å². The number of aromatic nitrogens is 1. The number of sulfonamides is 1. The van der Waals surface area contributed by atoms with Crippen LogP contribution in [0.15, 0.2) is 59.6 Å². The number of amides is 1. The number of carbonyl (C=O) groups excluding carboxylic acids is 1. The summed E-state index contributed by atoms with van der Waals surface area (Å²) in [6.45, 7) is 3.13. The van der Waals surface area contributed by atoms with Gasteiger partial charge in [-0.15, -0.1) is 0 Å². The van der Waals surface area contributed by atoms with Crippen LogP contribution in [0.4, 0.5) is 5.69 Å². The van der Waals surface area contributed by atoms with Crippen molar-refractivity contribution in [3.05, 3.63) is 65.9 Å². The first-order chi connectivity index (χ1) is 15.4. The van der Waals surface area contributed by atoms with E-state index in [4.69, 9.17) is 5.26 Å². The zero-order chi connectivity index (χ0) is 22.7. The molecule has 164 valence electrons. The van der Waals surface area contributed by atoms with Crippen molar-refractivity contribution in [3.63, 3.8) is 0 Å². The molecule has 32 heavy (non-hydrogen) atoms. The molecule has 1 saturated heterocycles. The first-order valence-corrected chi connectivity index (χ1v) is 11.7. The number of fused-ring (bicyclic) bond motifs is 1. The van der Waals surface area contributed by atoms with Gasteiger partial charge >= 0.3 is 0 Å². The third-order valence-corrected chi connectivity index (χ3v) is 7.41. The van der Waals surface area contributed by atoms with Crippen molar-refractivity contribution in [3.8, 4) is 6.07 Å². The molecule has 1 N–H and O–H groups in total. The van der Waals surface area contributed by atoms with E-state index in [0.717, 1.165) is 16.6 Å². The number of piperazine rings is 1. The zero-order valence-electron chi connectivity index (χ0n) is 17.7. The first-order valence-electron chi connectivity index (χ1n) is 10.3. The number of carbonyl (C=O) groups is 1. The van der Waals surface area contributed by atoms with E-state index in [2.05, 4.69) is 16.4 Å². The standard InChI is InChI=1S/C23H23N5O3S/c1-17-13-19-3-2-4-21(23(19)26-15-17)32(30,31)28-11-9-27(10-12-28)22(29)16-25-20-7-5-18(14-24)6-8-20/h2-8,13,15,25H,9-12,16H2,1H3. The van der Waals surface area contributed by atoms with Crippen LogP contribution in [0, 0.1) is 18.3 Å². The average Bonchev–Trinajstić information content (AvgIpc) is 2.82. The van der Waals surface area contributed by atoms with Crippen LogP contribution in [0.3, 0.4) is 0 Å². The number of anilines is 1. The highest BCUT2D eigenvalue weighted by atomic mass is 32.2. The molecule has 0 aliphatic carbocycles. The third-order valence-electron chi connectivity index (χ3n) is 5.48. The molecule has 2 heterocycles. The van der Waals surface area contributed by atoms with Crippen LogP contribution in [0.1, 0.15) is 11.1 Å². The van der Waals surface area contributed by atoms with Crippen LogP contribution in [0.2, 0.25) is 0 Å². The van der Waals surface area contributed by atoms with E-state index in [9.17, 15) is 13.2 Å². The summed E-state index contributed by atoms with van der Waals surface area (Å²) in [7, 11) is -3.72. The van der Waals surface area contributed by atoms with Gasteiger partial charge in [-0.3, -0.25) is 9.78 Å². The van der Waals surface area contributed by atoms with Crippen molar-refractivity contribution in [2.75, 3.05) is 38.0 Å². The molecule has 1 aliphatic rings. The Morgan fingerprint density at radius 3 is 2.53 bits per heavy atom. The fraction of sp³-hybridized carbons (Fsp3) is 0.261. The minimum absolute atomic E-state index is 0.102. The number of benzene rings is 2. The van der Waals surface area contributed by atoms with E-state index in [1.54, 1.807) is 47.5 Å². The van der Waals surface area contributed by atoms with Gasteiger partial charge in [-0.2, -0.15) is 9.57 Å². The van der Waals surface area contributed by atoms with Gasteiger partial charge in [0.1, 0.15) is 4.90 Å². The summed E-state index contributed by atoms with van der Waals surface area (Å²) >= 11 is 0. The lowest BCUT2D eigenvalue weighted by molar-refractivity contribution is -0.130. The van der Waals surface area contributed by atoms with Crippen molar-refractivity contribution >= 4 is 32.5 Å². The molecule has 2 aromatic carbocycles. The molecule has 0 bridgehead atoms. The molecule has 0 radical (unpaired) electrons. The molecule has 9 heteroatoms. The van der Waals surface area contributed by atoms with Gasteiger partial charge in [0.2, 0.25) is 15.9 Å². The monoisotopic (exact) mass is 449 g/mol. The summed E-state index contributed by atoms with van der Waals surface area (Å²) in [5, 5.41) is 12.7. The maximum Gasteiger partial charge on any atom is 0.245 e. The number of nitrogens with one attached hydrogen (secondary N) is 1. The number of rotatable bonds is 5. The molecule has 0 spiro atoms. The lowest BCUT2D eigenvalue weighted by Crippen LogP contribution is -2.51. The highest BCUT2D eigenvalue weighted by molar-refractivity contribution is 7.89. The number of nitrogens with zero attached hydrogens (tertiary/aromatic N) is 4. The Morgan fingerprint density at radius 2 is 1.84 bits per heavy atom. The Morgan fingerprint density at radius 1 is 1.12 bits per heavy atom. The predicted molar refractivity (Wildman–Crippen MR) is 121 cm³/mol. The van der Waals surface area contributed by atoms with Crippen molar-refractivity contribution < 1.29 is 13.2 Å². The maximum absolute atomic E-state index is 13.3. The molecule has 1 fully saturated rings. The number of hydrogen-bond acceptors (Lipinski definition) is 6. The molecule has 3 aromatic rings. The number of para-hydroxylation sites is 1. The fourth-order valence-corrected chi connectivity index (χ4v) is 5.31. The van der Waals surface area contributed by atoms with Gasteiger partial charge in [0.05, 0.1) is 23.7 Å². The minimum atomic E-state index is -3.72. The van der Waals surface area contributed by atoms with Gasteiger partial charge < -0.3 is 10.2 Å². The topological polar surface area (TPSA) is 106 Å². The van der Waals surface area contributed by atoms with E-state index in [0.29, 0.717) is 24.2 Å². The molecule has 1 amide bonds. The Hall–Kier alpha value is -3.48. The molecule has 0 atom stereocenters. The van der Waals surface area contributed by atoms with Crippen molar-refractivity contribution in [1.29, 1.82) is 5.26 Å². The fourth-order valence-electron chi connectivity index (χ4n) is 3.72. The highest BCUT2D eigenvalue weighted by Crippen LogP contribution is 2.25. The molecule has 4 rings (SSSR count). The Balaban J connectivity index is 1.39. The predicted octanol–water partition coefficient (Wildman–Crippen LogP) is 2.36.